The number of hydrogen-bond acceptors (Lipinski definition) is 3. The second kappa shape index (κ2) is 8.25. The molecule has 0 aromatic rings. The largest absolute Gasteiger partial charge is 0.347 e. The molecule has 0 spiro atoms. The van der Waals surface area contributed by atoms with Crippen LogP contribution in [-0.4, -0.2) is 49.4 Å². The molecular weight excluding hydrogens is 254 g/mol. The van der Waals surface area contributed by atoms with Crippen LogP contribution in [0.3, 0.4) is 0 Å². The first kappa shape index (κ1) is 17.0. The van der Waals surface area contributed by atoms with E-state index in [0.29, 0.717) is 24.9 Å². The number of hydrogen-bond donors (Lipinski definition) is 2. The van der Waals surface area contributed by atoms with E-state index in [0.717, 1.165) is 12.8 Å². The van der Waals surface area contributed by atoms with Gasteiger partial charge in [-0.3, -0.25) is 9.59 Å². The van der Waals surface area contributed by atoms with Gasteiger partial charge >= 0.3 is 0 Å². The van der Waals surface area contributed by atoms with Gasteiger partial charge in [0.2, 0.25) is 11.8 Å². The topological polar surface area (TPSA) is 61.4 Å². The highest BCUT2D eigenvalue weighted by atomic mass is 16.2. The summed E-state index contributed by atoms with van der Waals surface area (Å²) in [5.41, 5.74) is 0. The Morgan fingerprint density at radius 1 is 1.20 bits per heavy atom. The molecule has 20 heavy (non-hydrogen) atoms. The van der Waals surface area contributed by atoms with Crippen LogP contribution in [0.4, 0.5) is 0 Å². The highest BCUT2D eigenvalue weighted by Crippen LogP contribution is 2.17. The van der Waals surface area contributed by atoms with Crippen molar-refractivity contribution in [3.05, 3.63) is 0 Å². The molecule has 116 valence electrons. The average molecular weight is 283 g/mol. The van der Waals surface area contributed by atoms with Crippen LogP contribution in [0.2, 0.25) is 0 Å². The summed E-state index contributed by atoms with van der Waals surface area (Å²) >= 11 is 0. The average Bonchev–Trinajstić information content (AvgIpc) is 2.87. The van der Waals surface area contributed by atoms with Gasteiger partial charge in [0.05, 0.1) is 6.54 Å². The molecule has 1 unspecified atom stereocenters. The molecule has 1 fully saturated rings. The molecule has 1 saturated carbocycles. The molecule has 0 aromatic heterocycles. The van der Waals surface area contributed by atoms with Crippen LogP contribution in [0.1, 0.15) is 46.0 Å². The van der Waals surface area contributed by atoms with Gasteiger partial charge in [-0.1, -0.05) is 26.7 Å². The fourth-order valence-electron chi connectivity index (χ4n) is 2.62. The quantitative estimate of drug-likeness (QED) is 0.736. The van der Waals surface area contributed by atoms with Crippen LogP contribution in [0, 0.1) is 5.92 Å². The molecule has 0 aromatic carbocycles. The van der Waals surface area contributed by atoms with Crippen LogP contribution in [0.5, 0.6) is 0 Å². The monoisotopic (exact) mass is 283 g/mol. The van der Waals surface area contributed by atoms with Gasteiger partial charge in [-0.15, -0.1) is 0 Å². The summed E-state index contributed by atoms with van der Waals surface area (Å²) in [4.78, 5) is 25.6. The Bertz CT molecular complexity index is 323. The Labute approximate surface area is 122 Å². The summed E-state index contributed by atoms with van der Waals surface area (Å²) in [6.07, 6.45) is 5.47. The summed E-state index contributed by atoms with van der Waals surface area (Å²) in [6.45, 7) is 4.41. The Kier molecular flexibility index (Phi) is 6.99. The van der Waals surface area contributed by atoms with Gasteiger partial charge in [0, 0.05) is 20.1 Å². The lowest BCUT2D eigenvalue weighted by atomic mass is 10.0. The van der Waals surface area contributed by atoms with Crippen molar-refractivity contribution in [1.82, 2.24) is 15.5 Å². The van der Waals surface area contributed by atoms with Crippen molar-refractivity contribution in [3.8, 4) is 0 Å². The predicted octanol–water partition coefficient (Wildman–Crippen LogP) is 1.14. The van der Waals surface area contributed by atoms with Gasteiger partial charge in [-0.2, -0.15) is 0 Å². The van der Waals surface area contributed by atoms with E-state index in [1.54, 1.807) is 14.1 Å². The zero-order chi connectivity index (χ0) is 15.1. The summed E-state index contributed by atoms with van der Waals surface area (Å²) in [5, 5.41) is 6.13. The van der Waals surface area contributed by atoms with E-state index in [1.165, 1.54) is 17.7 Å². The molecule has 0 bridgehead atoms. The minimum atomic E-state index is -0.414. The van der Waals surface area contributed by atoms with E-state index >= 15 is 0 Å². The lowest BCUT2D eigenvalue weighted by Crippen LogP contribution is -2.49. The zero-order valence-corrected chi connectivity index (χ0v) is 13.2. The highest BCUT2D eigenvalue weighted by Gasteiger charge is 2.23. The van der Waals surface area contributed by atoms with E-state index in [2.05, 4.69) is 24.5 Å². The maximum absolute atomic E-state index is 12.1. The van der Waals surface area contributed by atoms with Crippen LogP contribution < -0.4 is 10.6 Å². The molecule has 2 N–H and O–H groups in total. The second-order valence-electron chi connectivity index (χ2n) is 6.34. The van der Waals surface area contributed by atoms with E-state index < -0.39 is 6.04 Å². The predicted molar refractivity (Wildman–Crippen MR) is 80.3 cm³/mol. The third-order valence-corrected chi connectivity index (χ3v) is 3.69. The molecule has 5 heteroatoms. The minimum Gasteiger partial charge on any atom is -0.347 e. The van der Waals surface area contributed by atoms with E-state index in [1.807, 2.05) is 0 Å². The van der Waals surface area contributed by atoms with Crippen molar-refractivity contribution in [3.63, 3.8) is 0 Å². The molecule has 1 rings (SSSR count). The number of carbonyl (C=O) groups is 2. The first-order chi connectivity index (χ1) is 9.40. The minimum absolute atomic E-state index is 0.0343. The summed E-state index contributed by atoms with van der Waals surface area (Å²) < 4.78 is 0. The van der Waals surface area contributed by atoms with Gasteiger partial charge < -0.3 is 15.5 Å². The van der Waals surface area contributed by atoms with Gasteiger partial charge in [-0.05, 0) is 25.2 Å². The van der Waals surface area contributed by atoms with Gasteiger partial charge in [0.15, 0.2) is 0 Å². The number of nitrogens with zero attached hydrogens (tertiary/aromatic N) is 1. The molecule has 5 nitrogen and oxygen atoms in total. The van der Waals surface area contributed by atoms with Crippen LogP contribution in [0.15, 0.2) is 0 Å². The number of carbonyl (C=O) groups excluding carboxylic acids is 2. The van der Waals surface area contributed by atoms with Crippen LogP contribution >= 0.6 is 0 Å². The Hall–Kier alpha value is -1.10. The fraction of sp³-hybridized carbons (Fsp3) is 0.867. The van der Waals surface area contributed by atoms with Gasteiger partial charge in [0.1, 0.15) is 6.04 Å². The van der Waals surface area contributed by atoms with Crippen molar-refractivity contribution in [2.24, 2.45) is 5.92 Å². The summed E-state index contributed by atoms with van der Waals surface area (Å²) in [5.74, 6) is 0.248. The number of rotatable bonds is 7. The van der Waals surface area contributed by atoms with Crippen LogP contribution in [-0.2, 0) is 9.59 Å². The molecule has 0 saturated heterocycles. The summed E-state index contributed by atoms with van der Waals surface area (Å²) in [6, 6.07) is 0.0525. The fourth-order valence-corrected chi connectivity index (χ4v) is 2.62. The van der Waals surface area contributed by atoms with Gasteiger partial charge in [0.25, 0.3) is 0 Å². The standard InChI is InChI=1S/C15H29N3O2/c1-11(2)9-13(15(20)18(3)4)17-14(19)10-16-12-7-5-6-8-12/h11-13,16H,5-10H2,1-4H3,(H,17,19). The lowest BCUT2D eigenvalue weighted by Gasteiger charge is -2.23. The lowest BCUT2D eigenvalue weighted by molar-refractivity contribution is -0.134. The van der Waals surface area contributed by atoms with Crippen molar-refractivity contribution in [2.45, 2.75) is 58.0 Å². The maximum atomic E-state index is 12.1. The normalized spacial score (nSPS) is 17.2. The summed E-state index contributed by atoms with van der Waals surface area (Å²) in [7, 11) is 3.44. The Balaban J connectivity index is 2.42. The number of amides is 2. The highest BCUT2D eigenvalue weighted by molar-refractivity contribution is 5.88. The molecular formula is C15H29N3O2. The van der Waals surface area contributed by atoms with Crippen molar-refractivity contribution in [1.29, 1.82) is 0 Å². The molecule has 1 atom stereocenters. The SMILES string of the molecule is CC(C)CC(NC(=O)CNC1CCCC1)C(=O)N(C)C. The van der Waals surface area contributed by atoms with E-state index in [9.17, 15) is 9.59 Å². The zero-order valence-electron chi connectivity index (χ0n) is 13.2. The van der Waals surface area contributed by atoms with E-state index in [4.69, 9.17) is 0 Å². The first-order valence-corrected chi connectivity index (χ1v) is 7.64. The van der Waals surface area contributed by atoms with Crippen molar-refractivity contribution < 1.29 is 9.59 Å². The molecule has 0 radical (unpaired) electrons. The van der Waals surface area contributed by atoms with Crippen LogP contribution in [0.25, 0.3) is 0 Å². The molecule has 1 aliphatic rings. The second-order valence-corrected chi connectivity index (χ2v) is 6.34. The molecule has 0 aliphatic heterocycles. The number of likely N-dealkylation sites (N-methyl/N-ethyl adjacent to an activating group) is 1. The van der Waals surface area contributed by atoms with Crippen molar-refractivity contribution in [2.75, 3.05) is 20.6 Å². The maximum Gasteiger partial charge on any atom is 0.244 e. The Morgan fingerprint density at radius 2 is 1.80 bits per heavy atom. The number of nitrogens with one attached hydrogen (secondary N) is 2. The Morgan fingerprint density at radius 3 is 2.30 bits per heavy atom. The molecule has 2 amide bonds. The smallest absolute Gasteiger partial charge is 0.244 e. The third kappa shape index (κ3) is 5.90. The van der Waals surface area contributed by atoms with Gasteiger partial charge in [-0.25, -0.2) is 0 Å². The van der Waals surface area contributed by atoms with E-state index in [-0.39, 0.29) is 11.8 Å². The molecule has 1 aliphatic carbocycles. The van der Waals surface area contributed by atoms with Crippen molar-refractivity contribution >= 4 is 11.8 Å². The third-order valence-electron chi connectivity index (χ3n) is 3.69. The molecule has 0 heterocycles. The first-order valence-electron chi connectivity index (χ1n) is 7.64.